The fourth-order valence-electron chi connectivity index (χ4n) is 7.89. The van der Waals surface area contributed by atoms with Gasteiger partial charge in [0.05, 0.1) is 23.5 Å². The first-order chi connectivity index (χ1) is 25.4. The largest absolute Gasteiger partial charge is 0.325 e. The lowest BCUT2D eigenvalue weighted by atomic mass is 9.93. The first-order valence-electron chi connectivity index (χ1n) is 20.7. The second-order valence-corrected chi connectivity index (χ2v) is 15.5. The molecule has 2 amide bonds. The number of hydrogen-bond donors (Lipinski definition) is 0. The van der Waals surface area contributed by atoms with Crippen LogP contribution in [-0.2, 0) is 9.68 Å². The number of oxime groups is 2. The van der Waals surface area contributed by atoms with Gasteiger partial charge in [0.2, 0.25) is 0 Å². The number of aliphatic imine (C=N–C) groups is 2. The van der Waals surface area contributed by atoms with Crippen LogP contribution >= 0.6 is 0 Å². The van der Waals surface area contributed by atoms with Gasteiger partial charge in [-0.3, -0.25) is 19.4 Å². The van der Waals surface area contributed by atoms with Gasteiger partial charge in [0.15, 0.2) is 0 Å². The van der Waals surface area contributed by atoms with Crippen molar-refractivity contribution in [1.82, 2.24) is 9.80 Å². The van der Waals surface area contributed by atoms with Crippen molar-refractivity contribution in [2.24, 2.45) is 20.3 Å². The van der Waals surface area contributed by atoms with Crippen molar-refractivity contribution in [3.63, 3.8) is 0 Å². The maximum absolute atomic E-state index is 14.6. The summed E-state index contributed by atoms with van der Waals surface area (Å²) in [4.78, 5) is 55.1. The van der Waals surface area contributed by atoms with Gasteiger partial charge >= 0.3 is 12.0 Å². The highest BCUT2D eigenvalue weighted by molar-refractivity contribution is 6.07. The zero-order chi connectivity index (χ0) is 36.7. The van der Waals surface area contributed by atoms with Gasteiger partial charge in [0, 0.05) is 23.2 Å². The molecule has 0 saturated heterocycles. The summed E-state index contributed by atoms with van der Waals surface area (Å²) in [5.41, 5.74) is 2.70. The van der Waals surface area contributed by atoms with Crippen molar-refractivity contribution < 1.29 is 19.3 Å². The molecule has 0 atom stereocenters. The van der Waals surface area contributed by atoms with E-state index in [0.29, 0.717) is 23.2 Å². The third-order valence-corrected chi connectivity index (χ3v) is 11.4. The van der Waals surface area contributed by atoms with E-state index in [1.54, 1.807) is 34.1 Å². The molecule has 1 aromatic carbocycles. The normalized spacial score (nSPS) is 21.2. The maximum Gasteiger partial charge on any atom is 0.325 e. The Morgan fingerprint density at radius 2 is 0.846 bits per heavy atom. The molecule has 10 heteroatoms. The SMILES string of the molecule is CC/C(C)=N/O/C(=N\C1CCCCC1)N(C(=O)c1ccc(C(=O)N(/C(=N/C2CCCCC2)O/N=C(\C)CC)C2CCCCC2)cc1)C1CCCCC1. The van der Waals surface area contributed by atoms with Crippen molar-refractivity contribution in [2.45, 2.75) is 193 Å². The minimum absolute atomic E-state index is 0.0216. The highest BCUT2D eigenvalue weighted by atomic mass is 16.7. The number of hydrogen-bond acceptors (Lipinski definition) is 8. The minimum Gasteiger partial charge on any atom is -0.317 e. The topological polar surface area (TPSA) is 109 Å². The summed E-state index contributed by atoms with van der Waals surface area (Å²) in [6.45, 7) is 7.95. The summed E-state index contributed by atoms with van der Waals surface area (Å²) in [5.74, 6) is -0.331. The van der Waals surface area contributed by atoms with Crippen LogP contribution in [0.3, 0.4) is 0 Å². The van der Waals surface area contributed by atoms with Gasteiger partial charge < -0.3 is 9.68 Å². The smallest absolute Gasteiger partial charge is 0.317 e. The molecule has 0 spiro atoms. The Kier molecular flexibility index (Phi) is 15.7. The summed E-state index contributed by atoms with van der Waals surface area (Å²) in [6, 6.07) is 7.92. The molecule has 286 valence electrons. The molecule has 0 aliphatic heterocycles. The van der Waals surface area contributed by atoms with E-state index in [1.807, 2.05) is 27.7 Å². The molecule has 4 saturated carbocycles. The van der Waals surface area contributed by atoms with E-state index < -0.39 is 0 Å². The summed E-state index contributed by atoms with van der Waals surface area (Å²) in [7, 11) is 0. The number of rotatable bonds is 10. The van der Waals surface area contributed by atoms with Crippen LogP contribution in [0.15, 0.2) is 44.6 Å². The third-order valence-electron chi connectivity index (χ3n) is 11.4. The van der Waals surface area contributed by atoms with Crippen molar-refractivity contribution in [1.29, 1.82) is 0 Å². The highest BCUT2D eigenvalue weighted by Crippen LogP contribution is 2.30. The Morgan fingerprint density at radius 1 is 0.538 bits per heavy atom. The first-order valence-corrected chi connectivity index (χ1v) is 20.7. The quantitative estimate of drug-likeness (QED) is 0.136. The van der Waals surface area contributed by atoms with E-state index in [1.165, 1.54) is 12.8 Å². The number of carbonyl (C=O) groups is 2. The number of benzene rings is 1. The van der Waals surface area contributed by atoms with Crippen LogP contribution in [0, 0.1) is 0 Å². The standard InChI is InChI=1S/C42H64N6O4/c1-5-31(3)45-51-41(43-35-19-11-7-12-20-35)47(37-23-15-9-16-24-37)39(49)33-27-29-34(30-28-33)40(50)48(38-25-17-10-18-26-38)42(52-46-32(4)6-2)44-36-21-13-8-14-22-36/h27-30,35-38H,5-26H2,1-4H3/b43-41-,44-42-,45-31+,46-32+. The van der Waals surface area contributed by atoms with Crippen molar-refractivity contribution in [2.75, 3.05) is 0 Å². The number of nitrogens with zero attached hydrogens (tertiary/aromatic N) is 6. The van der Waals surface area contributed by atoms with Crippen LogP contribution in [0.1, 0.15) is 190 Å². The average molecular weight is 717 g/mol. The maximum atomic E-state index is 14.6. The van der Waals surface area contributed by atoms with Gasteiger partial charge in [0.1, 0.15) is 0 Å². The van der Waals surface area contributed by atoms with Crippen LogP contribution in [0.25, 0.3) is 0 Å². The zero-order valence-corrected chi connectivity index (χ0v) is 32.5. The molecule has 1 aromatic rings. The summed E-state index contributed by atoms with van der Waals surface area (Å²) < 4.78 is 0. The molecule has 4 aliphatic carbocycles. The molecule has 0 N–H and O–H groups in total. The van der Waals surface area contributed by atoms with Gasteiger partial charge in [0.25, 0.3) is 11.8 Å². The predicted octanol–water partition coefficient (Wildman–Crippen LogP) is 10.2. The van der Waals surface area contributed by atoms with Crippen LogP contribution in [0.5, 0.6) is 0 Å². The molecular weight excluding hydrogens is 652 g/mol. The molecule has 10 nitrogen and oxygen atoms in total. The third kappa shape index (κ3) is 11.2. The Morgan fingerprint density at radius 3 is 1.15 bits per heavy atom. The van der Waals surface area contributed by atoms with E-state index >= 15 is 0 Å². The van der Waals surface area contributed by atoms with Crippen molar-refractivity contribution in [3.8, 4) is 0 Å². The molecule has 5 rings (SSSR count). The molecule has 0 heterocycles. The lowest BCUT2D eigenvalue weighted by Crippen LogP contribution is -2.47. The molecule has 0 radical (unpaired) electrons. The van der Waals surface area contributed by atoms with E-state index in [9.17, 15) is 9.59 Å². The molecule has 4 aliphatic rings. The summed E-state index contributed by atoms with van der Waals surface area (Å²) in [5, 5.41) is 8.80. The summed E-state index contributed by atoms with van der Waals surface area (Å²) >= 11 is 0. The first kappa shape index (κ1) is 39.6. The van der Waals surface area contributed by atoms with Gasteiger partial charge in [-0.25, -0.2) is 9.98 Å². The minimum atomic E-state index is -0.166. The Hall–Kier alpha value is -3.56. The second kappa shape index (κ2) is 20.6. The van der Waals surface area contributed by atoms with Gasteiger partial charge in [-0.05, 0) is 102 Å². The van der Waals surface area contributed by atoms with Crippen LogP contribution in [0.4, 0.5) is 0 Å². The van der Waals surface area contributed by atoms with Gasteiger partial charge in [-0.2, -0.15) is 0 Å². The van der Waals surface area contributed by atoms with Gasteiger partial charge in [-0.1, -0.05) is 101 Å². The monoisotopic (exact) mass is 716 g/mol. The molecule has 0 aromatic heterocycles. The highest BCUT2D eigenvalue weighted by Gasteiger charge is 2.35. The van der Waals surface area contributed by atoms with E-state index in [-0.39, 0.29) is 36.0 Å². The average Bonchev–Trinajstić information content (AvgIpc) is 3.20. The number of carbonyl (C=O) groups excluding carboxylic acids is 2. The van der Waals surface area contributed by atoms with Crippen LogP contribution in [-0.4, -0.2) is 69.2 Å². The van der Waals surface area contributed by atoms with E-state index in [2.05, 4.69) is 10.3 Å². The lowest BCUT2D eigenvalue weighted by molar-refractivity contribution is 0.0701. The molecule has 0 bridgehead atoms. The van der Waals surface area contributed by atoms with Crippen molar-refractivity contribution in [3.05, 3.63) is 35.4 Å². The fourth-order valence-corrected chi connectivity index (χ4v) is 7.89. The fraction of sp³-hybridized carbons (Fsp3) is 0.714. The zero-order valence-electron chi connectivity index (χ0n) is 32.5. The summed E-state index contributed by atoms with van der Waals surface area (Å²) in [6.07, 6.45) is 22.6. The number of amidine groups is 2. The molecule has 52 heavy (non-hydrogen) atoms. The second-order valence-electron chi connectivity index (χ2n) is 15.5. The van der Waals surface area contributed by atoms with Crippen molar-refractivity contribution >= 4 is 35.3 Å². The van der Waals surface area contributed by atoms with E-state index in [4.69, 9.17) is 19.7 Å². The predicted molar refractivity (Wildman–Crippen MR) is 210 cm³/mol. The Labute approximate surface area is 312 Å². The van der Waals surface area contributed by atoms with Gasteiger partial charge in [-0.15, -0.1) is 0 Å². The Balaban J connectivity index is 1.46. The Bertz CT molecular complexity index is 1310. The lowest BCUT2D eigenvalue weighted by Gasteiger charge is -2.34. The van der Waals surface area contributed by atoms with Crippen LogP contribution in [0.2, 0.25) is 0 Å². The van der Waals surface area contributed by atoms with Crippen LogP contribution < -0.4 is 0 Å². The number of amides is 2. The van der Waals surface area contributed by atoms with E-state index in [0.717, 1.165) is 140 Å². The molecule has 0 unspecified atom stereocenters. The molecule has 4 fully saturated rings. The molecular formula is C42H64N6O4.